The topological polar surface area (TPSA) is 90.0 Å². The number of aryl methyl sites for hydroxylation is 2. The number of anilines is 1. The van der Waals surface area contributed by atoms with Gasteiger partial charge < -0.3 is 8.98 Å². The van der Waals surface area contributed by atoms with Gasteiger partial charge in [0.2, 0.25) is 5.89 Å². The van der Waals surface area contributed by atoms with E-state index in [9.17, 15) is 8.42 Å². The van der Waals surface area contributed by atoms with E-state index in [1.807, 2.05) is 25.3 Å². The zero-order valence-electron chi connectivity index (χ0n) is 16.5. The van der Waals surface area contributed by atoms with Gasteiger partial charge in [-0.25, -0.2) is 8.42 Å². The molecule has 1 aromatic carbocycles. The summed E-state index contributed by atoms with van der Waals surface area (Å²) in [6, 6.07) is 5.06. The van der Waals surface area contributed by atoms with Crippen LogP contribution in [0.1, 0.15) is 36.6 Å². The minimum atomic E-state index is -3.84. The third kappa shape index (κ3) is 3.54. The molecule has 0 saturated carbocycles. The average Bonchev–Trinajstić information content (AvgIpc) is 3.19. The Morgan fingerprint density at radius 1 is 1.18 bits per heavy atom. The summed E-state index contributed by atoms with van der Waals surface area (Å²) in [5, 5.41) is 8.60. The van der Waals surface area contributed by atoms with E-state index >= 15 is 0 Å². The van der Waals surface area contributed by atoms with Crippen molar-refractivity contribution in [3.8, 4) is 11.6 Å². The number of nitrogens with zero attached hydrogens (tertiary/aromatic N) is 3. The SMILES string of the molecule is CCc1nnc(-c2c(C)c(S(=O)(=O)Nc3ccc(C)c(Cl)c3)c(C)n2CC)o1. The number of hydrogen-bond donors (Lipinski definition) is 1. The number of nitrogens with one attached hydrogen (secondary N) is 1. The molecule has 0 spiro atoms. The predicted octanol–water partition coefficient (Wildman–Crippen LogP) is 4.50. The Bertz CT molecular complexity index is 1130. The number of benzene rings is 1. The summed E-state index contributed by atoms with van der Waals surface area (Å²) < 4.78 is 36.6. The van der Waals surface area contributed by atoms with Crippen molar-refractivity contribution in [1.29, 1.82) is 0 Å². The molecule has 0 atom stereocenters. The van der Waals surface area contributed by atoms with E-state index in [4.69, 9.17) is 16.0 Å². The molecule has 0 aliphatic heterocycles. The lowest BCUT2D eigenvalue weighted by atomic mass is 10.2. The summed E-state index contributed by atoms with van der Waals surface area (Å²) in [4.78, 5) is 0.206. The van der Waals surface area contributed by atoms with Gasteiger partial charge in [-0.05, 0) is 45.4 Å². The van der Waals surface area contributed by atoms with Gasteiger partial charge in [0, 0.05) is 29.2 Å². The molecule has 0 unspecified atom stereocenters. The Hall–Kier alpha value is -2.32. The maximum Gasteiger partial charge on any atom is 0.264 e. The summed E-state index contributed by atoms with van der Waals surface area (Å²) in [6.07, 6.45) is 0.610. The fraction of sp³-hybridized carbons (Fsp3) is 0.368. The molecule has 0 amide bonds. The summed E-state index contributed by atoms with van der Waals surface area (Å²) in [6.45, 7) is 9.81. The van der Waals surface area contributed by atoms with Crippen LogP contribution in [0.25, 0.3) is 11.6 Å². The lowest BCUT2D eigenvalue weighted by molar-refractivity contribution is 0.507. The lowest BCUT2D eigenvalue weighted by Crippen LogP contribution is -2.15. The smallest absolute Gasteiger partial charge is 0.264 e. The van der Waals surface area contributed by atoms with Crippen LogP contribution < -0.4 is 4.72 Å². The minimum Gasteiger partial charge on any atom is -0.419 e. The summed E-state index contributed by atoms with van der Waals surface area (Å²) in [5.41, 5.74) is 3.08. The molecule has 7 nitrogen and oxygen atoms in total. The monoisotopic (exact) mass is 422 g/mol. The maximum absolute atomic E-state index is 13.2. The van der Waals surface area contributed by atoms with Crippen LogP contribution in [0.3, 0.4) is 0 Å². The predicted molar refractivity (Wildman–Crippen MR) is 109 cm³/mol. The molecule has 0 bridgehead atoms. The molecule has 28 heavy (non-hydrogen) atoms. The van der Waals surface area contributed by atoms with Crippen LogP contribution in [0.15, 0.2) is 27.5 Å². The molecule has 3 rings (SSSR count). The highest BCUT2D eigenvalue weighted by Crippen LogP contribution is 2.34. The van der Waals surface area contributed by atoms with Crippen LogP contribution in [0, 0.1) is 20.8 Å². The Morgan fingerprint density at radius 2 is 1.89 bits per heavy atom. The summed E-state index contributed by atoms with van der Waals surface area (Å²) in [5.74, 6) is 0.826. The van der Waals surface area contributed by atoms with Crippen LogP contribution in [-0.2, 0) is 23.0 Å². The van der Waals surface area contributed by atoms with Crippen LogP contribution in [0.4, 0.5) is 5.69 Å². The molecule has 0 aliphatic rings. The fourth-order valence-electron chi connectivity index (χ4n) is 3.29. The highest BCUT2D eigenvalue weighted by molar-refractivity contribution is 7.92. The number of aromatic nitrogens is 3. The lowest BCUT2D eigenvalue weighted by Gasteiger charge is -2.10. The van der Waals surface area contributed by atoms with E-state index < -0.39 is 10.0 Å². The number of halogens is 1. The fourth-order valence-corrected chi connectivity index (χ4v) is 5.01. The molecular weight excluding hydrogens is 400 g/mol. The van der Waals surface area contributed by atoms with Gasteiger partial charge in [0.15, 0.2) is 0 Å². The zero-order chi connectivity index (χ0) is 20.6. The van der Waals surface area contributed by atoms with E-state index in [1.165, 1.54) is 0 Å². The number of sulfonamides is 1. The summed E-state index contributed by atoms with van der Waals surface area (Å²) >= 11 is 6.13. The third-order valence-electron chi connectivity index (χ3n) is 4.68. The van der Waals surface area contributed by atoms with E-state index in [0.29, 0.717) is 52.4 Å². The van der Waals surface area contributed by atoms with Crippen LogP contribution in [0.2, 0.25) is 5.02 Å². The molecule has 0 radical (unpaired) electrons. The first-order valence-corrected chi connectivity index (χ1v) is 10.9. The zero-order valence-corrected chi connectivity index (χ0v) is 18.1. The van der Waals surface area contributed by atoms with Crippen LogP contribution in [-0.4, -0.2) is 23.2 Å². The first-order chi connectivity index (χ1) is 13.2. The van der Waals surface area contributed by atoms with Crippen molar-refractivity contribution in [2.75, 3.05) is 4.72 Å². The van der Waals surface area contributed by atoms with Gasteiger partial charge in [0.25, 0.3) is 15.9 Å². The molecule has 0 aliphatic carbocycles. The molecule has 2 aromatic heterocycles. The van der Waals surface area contributed by atoms with Gasteiger partial charge in [0.1, 0.15) is 10.6 Å². The molecule has 1 N–H and O–H groups in total. The van der Waals surface area contributed by atoms with Gasteiger partial charge in [-0.1, -0.05) is 24.6 Å². The maximum atomic E-state index is 13.2. The van der Waals surface area contributed by atoms with E-state index in [1.54, 1.807) is 32.0 Å². The molecule has 9 heteroatoms. The van der Waals surface area contributed by atoms with Crippen LogP contribution in [0.5, 0.6) is 0 Å². The first kappa shape index (κ1) is 20.4. The third-order valence-corrected chi connectivity index (χ3v) is 6.73. The van der Waals surface area contributed by atoms with Crippen molar-refractivity contribution in [3.05, 3.63) is 45.9 Å². The van der Waals surface area contributed by atoms with E-state index in [-0.39, 0.29) is 4.90 Å². The van der Waals surface area contributed by atoms with Crippen molar-refractivity contribution in [1.82, 2.24) is 14.8 Å². The van der Waals surface area contributed by atoms with Crippen molar-refractivity contribution in [2.45, 2.75) is 52.5 Å². The Kier molecular flexibility index (Phi) is 5.54. The van der Waals surface area contributed by atoms with Crippen molar-refractivity contribution >= 4 is 27.3 Å². The van der Waals surface area contributed by atoms with E-state index in [0.717, 1.165) is 5.56 Å². The molecule has 150 valence electrons. The van der Waals surface area contributed by atoms with E-state index in [2.05, 4.69) is 14.9 Å². The second kappa shape index (κ2) is 7.60. The van der Waals surface area contributed by atoms with Gasteiger partial charge in [-0.15, -0.1) is 10.2 Å². The van der Waals surface area contributed by atoms with Gasteiger partial charge in [0.05, 0.1) is 5.69 Å². The quantitative estimate of drug-likeness (QED) is 0.631. The Balaban J connectivity index is 2.11. The Labute approximate surface area is 169 Å². The standard InChI is InChI=1S/C19H23ClN4O3S/c1-6-16-21-22-19(27-16)17-12(4)18(13(5)24(17)7-2)28(25,26)23-14-9-8-11(3)15(20)10-14/h8-10,23H,6-7H2,1-5H3. The second-order valence-electron chi connectivity index (χ2n) is 6.56. The van der Waals surface area contributed by atoms with Gasteiger partial charge in [-0.2, -0.15) is 0 Å². The second-order valence-corrected chi connectivity index (χ2v) is 8.58. The van der Waals surface area contributed by atoms with Gasteiger partial charge >= 0.3 is 0 Å². The molecule has 3 aromatic rings. The Morgan fingerprint density at radius 3 is 2.46 bits per heavy atom. The first-order valence-electron chi connectivity index (χ1n) is 9.01. The summed E-state index contributed by atoms with van der Waals surface area (Å²) in [7, 11) is -3.84. The van der Waals surface area contributed by atoms with Crippen molar-refractivity contribution in [2.24, 2.45) is 0 Å². The highest BCUT2D eigenvalue weighted by atomic mass is 35.5. The largest absolute Gasteiger partial charge is 0.419 e. The normalized spacial score (nSPS) is 11.8. The number of hydrogen-bond acceptors (Lipinski definition) is 5. The number of rotatable bonds is 6. The molecule has 2 heterocycles. The average molecular weight is 423 g/mol. The van der Waals surface area contributed by atoms with Gasteiger partial charge in [-0.3, -0.25) is 4.72 Å². The van der Waals surface area contributed by atoms with Crippen LogP contribution >= 0.6 is 11.6 Å². The van der Waals surface area contributed by atoms with Crippen molar-refractivity contribution in [3.63, 3.8) is 0 Å². The highest BCUT2D eigenvalue weighted by Gasteiger charge is 2.29. The molecule has 0 fully saturated rings. The molecule has 0 saturated heterocycles. The minimum absolute atomic E-state index is 0.206. The van der Waals surface area contributed by atoms with Crippen molar-refractivity contribution < 1.29 is 12.8 Å². The molecular formula is C19H23ClN4O3S.